The van der Waals surface area contributed by atoms with Gasteiger partial charge in [-0.15, -0.1) is 0 Å². The lowest BCUT2D eigenvalue weighted by Crippen LogP contribution is -2.39. The SMILES string of the molecule is CC(C)(CCc1nc(Cl)ccc1Br)[Si](C)(C)O. The largest absolute Gasteiger partial charge is 0.432 e. The minimum absolute atomic E-state index is 0.0313. The highest BCUT2D eigenvalue weighted by Crippen LogP contribution is 2.40. The second-order valence-electron chi connectivity index (χ2n) is 5.51. The van der Waals surface area contributed by atoms with E-state index in [9.17, 15) is 4.80 Å². The zero-order valence-corrected chi connectivity index (χ0v) is 14.1. The highest BCUT2D eigenvalue weighted by Gasteiger charge is 2.37. The maximum absolute atomic E-state index is 10.2. The Bertz CT molecular complexity index is 404. The fourth-order valence-corrected chi connectivity index (χ4v) is 2.69. The molecule has 96 valence electrons. The molecular weight excluding hydrogens is 318 g/mol. The van der Waals surface area contributed by atoms with E-state index >= 15 is 0 Å². The van der Waals surface area contributed by atoms with Crippen LogP contribution in [0.3, 0.4) is 0 Å². The van der Waals surface area contributed by atoms with Crippen LogP contribution in [0, 0.1) is 0 Å². The van der Waals surface area contributed by atoms with E-state index in [1.807, 2.05) is 19.2 Å². The van der Waals surface area contributed by atoms with Gasteiger partial charge in [-0.3, -0.25) is 0 Å². The van der Waals surface area contributed by atoms with Crippen LogP contribution in [0.2, 0.25) is 23.3 Å². The number of rotatable bonds is 4. The molecule has 0 unspecified atom stereocenters. The first-order valence-electron chi connectivity index (χ1n) is 5.67. The molecule has 1 N–H and O–H groups in total. The molecule has 17 heavy (non-hydrogen) atoms. The smallest absolute Gasteiger partial charge is 0.188 e. The Morgan fingerprint density at radius 1 is 1.41 bits per heavy atom. The fraction of sp³-hybridized carbons (Fsp3) is 0.583. The van der Waals surface area contributed by atoms with Gasteiger partial charge in [-0.25, -0.2) is 4.98 Å². The average molecular weight is 337 g/mol. The number of hydrogen-bond donors (Lipinski definition) is 1. The normalized spacial score (nSPS) is 12.9. The van der Waals surface area contributed by atoms with Crippen molar-refractivity contribution in [3.63, 3.8) is 0 Å². The lowest BCUT2D eigenvalue weighted by molar-refractivity contribution is 0.450. The summed E-state index contributed by atoms with van der Waals surface area (Å²) >= 11 is 9.36. The number of halogens is 2. The zero-order chi connectivity index (χ0) is 13.3. The molecule has 0 aromatic carbocycles. The van der Waals surface area contributed by atoms with Gasteiger partial charge in [-0.1, -0.05) is 25.4 Å². The van der Waals surface area contributed by atoms with Crippen molar-refractivity contribution in [3.05, 3.63) is 27.5 Å². The Kier molecular flexibility index (Phi) is 4.80. The topological polar surface area (TPSA) is 33.1 Å². The van der Waals surface area contributed by atoms with E-state index in [1.54, 1.807) is 6.07 Å². The van der Waals surface area contributed by atoms with Crippen molar-refractivity contribution in [2.24, 2.45) is 0 Å². The van der Waals surface area contributed by atoms with Crippen molar-refractivity contribution in [1.29, 1.82) is 0 Å². The van der Waals surface area contributed by atoms with Gasteiger partial charge in [0.15, 0.2) is 8.32 Å². The third kappa shape index (κ3) is 4.05. The molecule has 0 aliphatic rings. The third-order valence-electron chi connectivity index (χ3n) is 3.53. The van der Waals surface area contributed by atoms with Crippen molar-refractivity contribution < 1.29 is 4.80 Å². The van der Waals surface area contributed by atoms with Crippen molar-refractivity contribution in [1.82, 2.24) is 4.98 Å². The van der Waals surface area contributed by atoms with Crippen LogP contribution in [0.5, 0.6) is 0 Å². The van der Waals surface area contributed by atoms with E-state index < -0.39 is 8.32 Å². The first kappa shape index (κ1) is 15.2. The van der Waals surface area contributed by atoms with Gasteiger partial charge < -0.3 is 4.80 Å². The maximum atomic E-state index is 10.2. The van der Waals surface area contributed by atoms with Gasteiger partial charge in [0.2, 0.25) is 0 Å². The molecule has 0 radical (unpaired) electrons. The third-order valence-corrected chi connectivity index (χ3v) is 8.02. The summed E-state index contributed by atoms with van der Waals surface area (Å²) < 4.78 is 0.982. The number of pyridine rings is 1. The van der Waals surface area contributed by atoms with E-state index in [2.05, 4.69) is 34.8 Å². The molecule has 0 aliphatic carbocycles. The number of aromatic nitrogens is 1. The van der Waals surface area contributed by atoms with E-state index in [1.165, 1.54) is 0 Å². The quantitative estimate of drug-likeness (QED) is 0.652. The molecule has 0 fully saturated rings. The molecule has 1 rings (SSSR count). The van der Waals surface area contributed by atoms with Gasteiger partial charge in [-0.05, 0) is 59.0 Å². The van der Waals surface area contributed by atoms with E-state index in [0.717, 1.165) is 23.0 Å². The Labute approximate surface area is 118 Å². The lowest BCUT2D eigenvalue weighted by atomic mass is 10.0. The second kappa shape index (κ2) is 5.39. The molecular formula is C12H19BrClNOSi. The predicted molar refractivity (Wildman–Crippen MR) is 79.0 cm³/mol. The van der Waals surface area contributed by atoms with Crippen LogP contribution < -0.4 is 0 Å². The van der Waals surface area contributed by atoms with E-state index in [-0.39, 0.29) is 5.04 Å². The summed E-state index contributed by atoms with van der Waals surface area (Å²) in [6.07, 6.45) is 1.74. The van der Waals surface area contributed by atoms with Crippen LogP contribution >= 0.6 is 27.5 Å². The van der Waals surface area contributed by atoms with Gasteiger partial charge in [0.1, 0.15) is 5.15 Å². The maximum Gasteiger partial charge on any atom is 0.188 e. The minimum atomic E-state index is -2.15. The van der Waals surface area contributed by atoms with Gasteiger partial charge in [-0.2, -0.15) is 0 Å². The van der Waals surface area contributed by atoms with Gasteiger partial charge >= 0.3 is 0 Å². The molecule has 0 bridgehead atoms. The van der Waals surface area contributed by atoms with Gasteiger partial charge in [0.05, 0.1) is 5.69 Å². The Hall–Kier alpha value is 0.0969. The van der Waals surface area contributed by atoms with Crippen LogP contribution in [0.1, 0.15) is 26.0 Å². The molecule has 1 heterocycles. The molecule has 1 aromatic heterocycles. The lowest BCUT2D eigenvalue weighted by Gasteiger charge is -2.35. The summed E-state index contributed by atoms with van der Waals surface area (Å²) in [5.41, 5.74) is 0.962. The first-order chi connectivity index (χ1) is 7.63. The zero-order valence-electron chi connectivity index (χ0n) is 10.7. The van der Waals surface area contributed by atoms with Crippen LogP contribution in [-0.2, 0) is 6.42 Å². The molecule has 1 aromatic rings. The van der Waals surface area contributed by atoms with Crippen LogP contribution in [0.15, 0.2) is 16.6 Å². The summed E-state index contributed by atoms with van der Waals surface area (Å²) in [5, 5.41) is 0.484. The van der Waals surface area contributed by atoms with Crippen molar-refractivity contribution in [2.45, 2.75) is 44.8 Å². The van der Waals surface area contributed by atoms with Gasteiger partial charge in [0, 0.05) is 4.47 Å². The molecule has 0 aliphatic heterocycles. The summed E-state index contributed by atoms with van der Waals surface area (Å²) in [5.74, 6) is 0. The van der Waals surface area contributed by atoms with Crippen LogP contribution in [0.25, 0.3) is 0 Å². The average Bonchev–Trinajstić information content (AvgIpc) is 2.18. The molecule has 2 nitrogen and oxygen atoms in total. The molecule has 0 saturated carbocycles. The standard InChI is InChI=1S/C12H19BrClNOSi/c1-12(2,17(3,4)16)8-7-10-9(13)5-6-11(14)15-10/h5-6,16H,7-8H2,1-4H3. The number of aryl methyl sites for hydroxylation is 1. The summed E-state index contributed by atoms with van der Waals surface area (Å²) in [4.78, 5) is 14.5. The minimum Gasteiger partial charge on any atom is -0.432 e. The Balaban J connectivity index is 2.77. The van der Waals surface area contributed by atoms with Crippen molar-refractivity contribution in [3.8, 4) is 0 Å². The molecule has 0 amide bonds. The molecule has 0 saturated heterocycles. The van der Waals surface area contributed by atoms with Crippen molar-refractivity contribution >= 4 is 35.8 Å². The van der Waals surface area contributed by atoms with E-state index in [0.29, 0.717) is 5.15 Å². The summed E-state index contributed by atoms with van der Waals surface area (Å²) in [7, 11) is -2.15. The summed E-state index contributed by atoms with van der Waals surface area (Å²) in [6, 6.07) is 3.68. The van der Waals surface area contributed by atoms with Crippen molar-refractivity contribution in [2.75, 3.05) is 0 Å². The van der Waals surface area contributed by atoms with Crippen LogP contribution in [0.4, 0.5) is 0 Å². The van der Waals surface area contributed by atoms with Gasteiger partial charge in [0.25, 0.3) is 0 Å². The Morgan fingerprint density at radius 3 is 2.53 bits per heavy atom. The number of nitrogens with zero attached hydrogens (tertiary/aromatic N) is 1. The second-order valence-corrected chi connectivity index (χ2v) is 11.2. The highest BCUT2D eigenvalue weighted by atomic mass is 79.9. The monoisotopic (exact) mass is 335 g/mol. The molecule has 5 heteroatoms. The molecule has 0 spiro atoms. The first-order valence-corrected chi connectivity index (χ1v) is 9.78. The number of hydrogen-bond acceptors (Lipinski definition) is 2. The Morgan fingerprint density at radius 2 is 2.00 bits per heavy atom. The highest BCUT2D eigenvalue weighted by molar-refractivity contribution is 9.10. The fourth-order valence-electron chi connectivity index (χ4n) is 1.37. The summed E-state index contributed by atoms with van der Waals surface area (Å²) in [6.45, 7) is 8.20. The molecule has 0 atom stereocenters. The van der Waals surface area contributed by atoms with Crippen LogP contribution in [-0.4, -0.2) is 18.1 Å². The predicted octanol–water partition coefficient (Wildman–Crippen LogP) is 4.41. The van der Waals surface area contributed by atoms with E-state index in [4.69, 9.17) is 11.6 Å².